The number of carbonyl (C=O) groups is 1. The number of thiophene rings is 2. The number of carboxylic acid groups (broad SMARTS) is 1. The third-order valence-electron chi connectivity index (χ3n) is 2.07. The van der Waals surface area contributed by atoms with Gasteiger partial charge in [-0.05, 0) is 35.0 Å². The van der Waals surface area contributed by atoms with Crippen molar-refractivity contribution in [2.75, 3.05) is 0 Å². The van der Waals surface area contributed by atoms with E-state index >= 15 is 0 Å². The molecule has 0 unspecified atom stereocenters. The molecular formula is C12H7NO2S2. The van der Waals surface area contributed by atoms with Gasteiger partial charge < -0.3 is 5.11 Å². The van der Waals surface area contributed by atoms with Crippen LogP contribution in [0.25, 0.3) is 16.5 Å². The third kappa shape index (κ3) is 2.61. The summed E-state index contributed by atoms with van der Waals surface area (Å²) in [7, 11) is 0. The number of hydrogen-bond donors (Lipinski definition) is 1. The molecule has 0 amide bonds. The molecule has 2 rings (SSSR count). The molecular weight excluding hydrogens is 254 g/mol. The molecule has 0 aliphatic carbocycles. The Bertz CT molecular complexity index is 603. The summed E-state index contributed by atoms with van der Waals surface area (Å²) >= 11 is 3.08. The van der Waals surface area contributed by atoms with E-state index in [0.717, 1.165) is 15.3 Å². The Morgan fingerprint density at radius 3 is 2.82 bits per heavy atom. The van der Waals surface area contributed by atoms with Gasteiger partial charge in [-0.25, -0.2) is 4.79 Å². The van der Waals surface area contributed by atoms with E-state index in [1.165, 1.54) is 17.4 Å². The fraction of sp³-hybridized carbons (Fsp3) is 0. The molecule has 2 heterocycles. The van der Waals surface area contributed by atoms with E-state index in [2.05, 4.69) is 0 Å². The minimum atomic E-state index is -1.20. The molecule has 0 aliphatic rings. The second-order valence-corrected chi connectivity index (χ2v) is 5.08. The van der Waals surface area contributed by atoms with Gasteiger partial charge in [0.25, 0.3) is 0 Å². The zero-order valence-electron chi connectivity index (χ0n) is 8.58. The van der Waals surface area contributed by atoms with Gasteiger partial charge in [-0.2, -0.15) is 16.6 Å². The Kier molecular flexibility index (Phi) is 3.38. The first kappa shape index (κ1) is 11.6. The van der Waals surface area contributed by atoms with Gasteiger partial charge >= 0.3 is 5.97 Å². The van der Waals surface area contributed by atoms with Crippen molar-refractivity contribution in [2.45, 2.75) is 0 Å². The van der Waals surface area contributed by atoms with Crippen LogP contribution in [0.15, 0.2) is 34.5 Å². The Hall–Kier alpha value is -1.90. The number of carboxylic acids is 1. The summed E-state index contributed by atoms with van der Waals surface area (Å²) in [5.41, 5.74) is 0.872. The lowest BCUT2D eigenvalue weighted by atomic mass is 10.2. The summed E-state index contributed by atoms with van der Waals surface area (Å²) in [4.78, 5) is 12.5. The Labute approximate surface area is 106 Å². The molecule has 2 aromatic heterocycles. The topological polar surface area (TPSA) is 61.1 Å². The maximum atomic E-state index is 10.7. The summed E-state index contributed by atoms with van der Waals surface area (Å²) in [5, 5.41) is 21.4. The molecule has 0 fully saturated rings. The fourth-order valence-corrected chi connectivity index (χ4v) is 2.95. The first-order valence-electron chi connectivity index (χ1n) is 4.68. The second kappa shape index (κ2) is 4.95. The highest BCUT2D eigenvalue weighted by atomic mass is 32.1. The monoisotopic (exact) mass is 261 g/mol. The highest BCUT2D eigenvalue weighted by Crippen LogP contribution is 2.30. The normalized spacial score (nSPS) is 11.1. The van der Waals surface area contributed by atoms with Gasteiger partial charge in [0.2, 0.25) is 0 Å². The van der Waals surface area contributed by atoms with Crippen molar-refractivity contribution in [3.8, 4) is 16.5 Å². The first-order chi connectivity index (χ1) is 8.20. The molecule has 84 valence electrons. The molecule has 0 saturated heterocycles. The molecule has 0 spiro atoms. The van der Waals surface area contributed by atoms with Crippen LogP contribution in [0.1, 0.15) is 4.88 Å². The van der Waals surface area contributed by atoms with Crippen molar-refractivity contribution in [3.63, 3.8) is 0 Å². The lowest BCUT2D eigenvalue weighted by molar-refractivity contribution is -0.132. The number of nitrogens with zero attached hydrogens (tertiary/aromatic N) is 1. The van der Waals surface area contributed by atoms with Crippen LogP contribution in [0, 0.1) is 11.3 Å². The third-order valence-corrected chi connectivity index (χ3v) is 3.83. The van der Waals surface area contributed by atoms with E-state index in [1.807, 2.05) is 29.0 Å². The van der Waals surface area contributed by atoms with Crippen LogP contribution < -0.4 is 0 Å². The van der Waals surface area contributed by atoms with Crippen molar-refractivity contribution in [3.05, 3.63) is 39.4 Å². The van der Waals surface area contributed by atoms with E-state index in [4.69, 9.17) is 10.4 Å². The van der Waals surface area contributed by atoms with Crippen LogP contribution in [-0.2, 0) is 4.79 Å². The predicted molar refractivity (Wildman–Crippen MR) is 68.9 cm³/mol. The van der Waals surface area contributed by atoms with Gasteiger partial charge in [-0.15, -0.1) is 11.3 Å². The van der Waals surface area contributed by atoms with Crippen LogP contribution in [-0.4, -0.2) is 11.1 Å². The van der Waals surface area contributed by atoms with Crippen LogP contribution in [0.3, 0.4) is 0 Å². The average Bonchev–Trinajstić information content (AvgIpc) is 2.95. The maximum Gasteiger partial charge on any atom is 0.346 e. The molecule has 0 saturated carbocycles. The number of aliphatic carboxylic acids is 1. The summed E-state index contributed by atoms with van der Waals surface area (Å²) in [6.45, 7) is 0. The van der Waals surface area contributed by atoms with Gasteiger partial charge in [0.1, 0.15) is 11.6 Å². The highest BCUT2D eigenvalue weighted by Gasteiger charge is 2.07. The van der Waals surface area contributed by atoms with Gasteiger partial charge in [0.15, 0.2) is 0 Å². The smallest absolute Gasteiger partial charge is 0.346 e. The van der Waals surface area contributed by atoms with E-state index in [9.17, 15) is 4.79 Å². The Morgan fingerprint density at radius 2 is 2.24 bits per heavy atom. The molecule has 0 aliphatic heterocycles. The molecule has 0 atom stereocenters. The number of hydrogen-bond acceptors (Lipinski definition) is 4. The molecule has 17 heavy (non-hydrogen) atoms. The van der Waals surface area contributed by atoms with Crippen LogP contribution in [0.5, 0.6) is 0 Å². The summed E-state index contributed by atoms with van der Waals surface area (Å²) in [6.07, 6.45) is 1.39. The molecule has 0 aromatic carbocycles. The standard InChI is InChI=1S/C12H7NO2S2/c13-6-9(12(14)15)5-10-1-2-11(17-10)8-3-4-16-7-8/h1-5,7H,(H,14,15)/b9-5+. The van der Waals surface area contributed by atoms with Gasteiger partial charge in [0, 0.05) is 15.3 Å². The molecule has 5 heteroatoms. The van der Waals surface area contributed by atoms with E-state index < -0.39 is 5.97 Å². The van der Waals surface area contributed by atoms with Crippen molar-refractivity contribution < 1.29 is 9.90 Å². The zero-order chi connectivity index (χ0) is 12.3. The average molecular weight is 261 g/mol. The van der Waals surface area contributed by atoms with Crippen molar-refractivity contribution in [1.29, 1.82) is 5.26 Å². The summed E-state index contributed by atoms with van der Waals surface area (Å²) in [5.74, 6) is -1.20. The number of rotatable bonds is 3. The fourth-order valence-electron chi connectivity index (χ4n) is 1.27. The first-order valence-corrected chi connectivity index (χ1v) is 6.44. The van der Waals surface area contributed by atoms with Gasteiger partial charge in [0.05, 0.1) is 0 Å². The van der Waals surface area contributed by atoms with Crippen LogP contribution >= 0.6 is 22.7 Å². The Morgan fingerprint density at radius 1 is 1.41 bits per heavy atom. The minimum absolute atomic E-state index is 0.247. The minimum Gasteiger partial charge on any atom is -0.477 e. The molecule has 0 bridgehead atoms. The summed E-state index contributed by atoms with van der Waals surface area (Å²) < 4.78 is 0. The van der Waals surface area contributed by atoms with E-state index in [1.54, 1.807) is 17.4 Å². The SMILES string of the molecule is N#C/C(=C\c1ccc(-c2ccsc2)s1)C(=O)O. The lowest BCUT2D eigenvalue weighted by Gasteiger charge is -1.89. The number of nitriles is 1. The van der Waals surface area contributed by atoms with E-state index in [-0.39, 0.29) is 5.57 Å². The van der Waals surface area contributed by atoms with Gasteiger partial charge in [-0.3, -0.25) is 0 Å². The van der Waals surface area contributed by atoms with Crippen LogP contribution in [0.2, 0.25) is 0 Å². The quantitative estimate of drug-likeness (QED) is 0.679. The molecule has 0 radical (unpaired) electrons. The van der Waals surface area contributed by atoms with E-state index in [0.29, 0.717) is 0 Å². The predicted octanol–water partition coefficient (Wildman–Crippen LogP) is 3.47. The largest absolute Gasteiger partial charge is 0.477 e. The molecule has 1 N–H and O–H groups in total. The van der Waals surface area contributed by atoms with Crippen molar-refractivity contribution in [2.24, 2.45) is 0 Å². The van der Waals surface area contributed by atoms with Crippen molar-refractivity contribution in [1.82, 2.24) is 0 Å². The molecule has 3 nitrogen and oxygen atoms in total. The van der Waals surface area contributed by atoms with Crippen molar-refractivity contribution >= 4 is 34.7 Å². The highest BCUT2D eigenvalue weighted by molar-refractivity contribution is 7.16. The maximum absolute atomic E-state index is 10.7. The van der Waals surface area contributed by atoms with Gasteiger partial charge in [-0.1, -0.05) is 0 Å². The second-order valence-electron chi connectivity index (χ2n) is 3.19. The molecule has 2 aromatic rings. The van der Waals surface area contributed by atoms with Crippen LogP contribution in [0.4, 0.5) is 0 Å². The summed E-state index contributed by atoms with van der Waals surface area (Å²) in [6, 6.07) is 7.41. The lowest BCUT2D eigenvalue weighted by Crippen LogP contribution is -1.96. The Balaban J connectivity index is 2.31. The zero-order valence-corrected chi connectivity index (χ0v) is 10.2.